The molecule has 116 valence electrons. The summed E-state index contributed by atoms with van der Waals surface area (Å²) in [5.74, 6) is 0.621. The zero-order chi connectivity index (χ0) is 15.4. The van der Waals surface area contributed by atoms with Crippen molar-refractivity contribution in [1.82, 2.24) is 5.32 Å². The molecule has 1 fully saturated rings. The molecule has 3 N–H and O–H groups in total. The summed E-state index contributed by atoms with van der Waals surface area (Å²) in [7, 11) is 1.58. The molecule has 1 aromatic rings. The predicted octanol–water partition coefficient (Wildman–Crippen LogP) is 3.19. The third kappa shape index (κ3) is 4.35. The Bertz CT molecular complexity index is 514. The van der Waals surface area contributed by atoms with Crippen molar-refractivity contribution in [1.29, 1.82) is 0 Å². The number of rotatable bonds is 3. The second-order valence-electron chi connectivity index (χ2n) is 5.40. The highest BCUT2D eigenvalue weighted by Crippen LogP contribution is 2.32. The van der Waals surface area contributed by atoms with Crippen LogP contribution in [0, 0.1) is 6.92 Å². The van der Waals surface area contributed by atoms with E-state index in [1.807, 2.05) is 19.1 Å². The van der Waals surface area contributed by atoms with Gasteiger partial charge in [-0.2, -0.15) is 0 Å². The van der Waals surface area contributed by atoms with Crippen LogP contribution < -0.4 is 15.4 Å². The van der Waals surface area contributed by atoms with Crippen LogP contribution in [0.1, 0.15) is 31.2 Å². The van der Waals surface area contributed by atoms with Crippen LogP contribution in [0.25, 0.3) is 0 Å². The van der Waals surface area contributed by atoms with Crippen molar-refractivity contribution in [3.63, 3.8) is 0 Å². The number of benzene rings is 1. The third-order valence-electron chi connectivity index (χ3n) is 3.75. The molecule has 5 nitrogen and oxygen atoms in total. The standard InChI is InChI=1S/C15H21BrN2O3/c1-9-7-10(16)8-13(21-2)14(9)18-15(20)17-11-3-5-12(19)6-4-11/h7-8,11-12,19H,3-6H2,1-2H3,(H2,17,18,20). The molecule has 0 heterocycles. The summed E-state index contributed by atoms with van der Waals surface area (Å²) in [4.78, 5) is 12.1. The number of hydrogen-bond donors (Lipinski definition) is 3. The lowest BCUT2D eigenvalue weighted by molar-refractivity contribution is 0.118. The number of anilines is 1. The average molecular weight is 357 g/mol. The molecule has 0 saturated heterocycles. The first-order valence-electron chi connectivity index (χ1n) is 7.09. The van der Waals surface area contributed by atoms with Gasteiger partial charge in [0.1, 0.15) is 5.75 Å². The quantitative estimate of drug-likeness (QED) is 0.778. The highest BCUT2D eigenvalue weighted by molar-refractivity contribution is 9.10. The van der Waals surface area contributed by atoms with E-state index in [0.29, 0.717) is 11.4 Å². The fourth-order valence-electron chi connectivity index (χ4n) is 2.59. The van der Waals surface area contributed by atoms with E-state index in [1.165, 1.54) is 0 Å². The van der Waals surface area contributed by atoms with Gasteiger partial charge in [0.15, 0.2) is 0 Å². The minimum Gasteiger partial charge on any atom is -0.495 e. The Morgan fingerprint density at radius 1 is 1.33 bits per heavy atom. The normalized spacial score (nSPS) is 21.7. The molecule has 0 radical (unpaired) electrons. The number of aliphatic hydroxyl groups is 1. The molecule has 1 aliphatic rings. The van der Waals surface area contributed by atoms with Crippen LogP contribution in [-0.2, 0) is 0 Å². The number of carbonyl (C=O) groups is 1. The lowest BCUT2D eigenvalue weighted by Crippen LogP contribution is -2.41. The first-order valence-corrected chi connectivity index (χ1v) is 7.88. The number of urea groups is 1. The maximum absolute atomic E-state index is 12.1. The molecule has 1 aliphatic carbocycles. The second kappa shape index (κ2) is 7.13. The number of hydrogen-bond acceptors (Lipinski definition) is 3. The van der Waals surface area contributed by atoms with E-state index in [-0.39, 0.29) is 18.2 Å². The second-order valence-corrected chi connectivity index (χ2v) is 6.32. The van der Waals surface area contributed by atoms with Crippen LogP contribution in [0.15, 0.2) is 16.6 Å². The molecule has 0 aromatic heterocycles. The van der Waals surface area contributed by atoms with Crippen LogP contribution in [0.3, 0.4) is 0 Å². The number of halogens is 1. The SMILES string of the molecule is COc1cc(Br)cc(C)c1NC(=O)NC1CCC(O)CC1. The molecule has 21 heavy (non-hydrogen) atoms. The number of ether oxygens (including phenoxy) is 1. The van der Waals surface area contributed by atoms with Gasteiger partial charge in [0.2, 0.25) is 0 Å². The fourth-order valence-corrected chi connectivity index (χ4v) is 3.14. The van der Waals surface area contributed by atoms with Crippen molar-refractivity contribution < 1.29 is 14.6 Å². The molecule has 1 aromatic carbocycles. The van der Waals surface area contributed by atoms with E-state index < -0.39 is 0 Å². The molecule has 0 aliphatic heterocycles. The van der Waals surface area contributed by atoms with Gasteiger partial charge in [-0.3, -0.25) is 0 Å². The first-order chi connectivity index (χ1) is 9.99. The summed E-state index contributed by atoms with van der Waals surface area (Å²) in [5, 5.41) is 15.3. The summed E-state index contributed by atoms with van der Waals surface area (Å²) < 4.78 is 6.21. The number of carbonyl (C=O) groups excluding carboxylic acids is 1. The van der Waals surface area contributed by atoms with Crippen molar-refractivity contribution in [2.45, 2.75) is 44.8 Å². The largest absolute Gasteiger partial charge is 0.495 e. The zero-order valence-corrected chi connectivity index (χ0v) is 13.9. The summed E-state index contributed by atoms with van der Waals surface area (Å²) in [5.41, 5.74) is 1.60. The number of nitrogens with one attached hydrogen (secondary N) is 2. The van der Waals surface area contributed by atoms with Gasteiger partial charge in [0.25, 0.3) is 0 Å². The Morgan fingerprint density at radius 3 is 2.62 bits per heavy atom. The van der Waals surface area contributed by atoms with Gasteiger partial charge in [-0.05, 0) is 50.3 Å². The van der Waals surface area contributed by atoms with Crippen LogP contribution in [0.2, 0.25) is 0 Å². The van der Waals surface area contributed by atoms with E-state index >= 15 is 0 Å². The fraction of sp³-hybridized carbons (Fsp3) is 0.533. The molecule has 1 saturated carbocycles. The van der Waals surface area contributed by atoms with E-state index in [9.17, 15) is 9.90 Å². The van der Waals surface area contributed by atoms with E-state index in [0.717, 1.165) is 35.7 Å². The molecule has 0 bridgehead atoms. The van der Waals surface area contributed by atoms with Crippen molar-refractivity contribution in [2.75, 3.05) is 12.4 Å². The van der Waals surface area contributed by atoms with Crippen LogP contribution in [0.5, 0.6) is 5.75 Å². The first kappa shape index (κ1) is 16.1. The molecule has 2 amide bonds. The van der Waals surface area contributed by atoms with Gasteiger partial charge in [-0.15, -0.1) is 0 Å². The Labute approximate surface area is 133 Å². The van der Waals surface area contributed by atoms with Crippen molar-refractivity contribution >= 4 is 27.6 Å². The zero-order valence-electron chi connectivity index (χ0n) is 12.3. The summed E-state index contributed by atoms with van der Waals surface area (Å²) in [6.07, 6.45) is 2.88. The Hall–Kier alpha value is -1.27. The monoisotopic (exact) mass is 356 g/mol. The molecular weight excluding hydrogens is 336 g/mol. The van der Waals surface area contributed by atoms with Crippen molar-refractivity contribution in [3.05, 3.63) is 22.2 Å². The Balaban J connectivity index is 1.99. The number of amides is 2. The Morgan fingerprint density at radius 2 is 2.00 bits per heavy atom. The summed E-state index contributed by atoms with van der Waals surface area (Å²) in [6.45, 7) is 1.92. The highest BCUT2D eigenvalue weighted by Gasteiger charge is 2.21. The lowest BCUT2D eigenvalue weighted by Gasteiger charge is -2.26. The van der Waals surface area contributed by atoms with Gasteiger partial charge in [-0.1, -0.05) is 15.9 Å². The Kier molecular flexibility index (Phi) is 5.47. The van der Waals surface area contributed by atoms with E-state index in [1.54, 1.807) is 7.11 Å². The van der Waals surface area contributed by atoms with Crippen LogP contribution >= 0.6 is 15.9 Å². The minimum absolute atomic E-state index is 0.121. The minimum atomic E-state index is -0.236. The summed E-state index contributed by atoms with van der Waals surface area (Å²) >= 11 is 3.41. The maximum Gasteiger partial charge on any atom is 0.319 e. The maximum atomic E-state index is 12.1. The molecule has 0 atom stereocenters. The van der Waals surface area contributed by atoms with Gasteiger partial charge in [-0.25, -0.2) is 4.79 Å². The van der Waals surface area contributed by atoms with Crippen molar-refractivity contribution in [3.8, 4) is 5.75 Å². The molecule has 0 spiro atoms. The average Bonchev–Trinajstić information content (AvgIpc) is 2.44. The van der Waals surface area contributed by atoms with Gasteiger partial charge in [0, 0.05) is 10.5 Å². The number of aryl methyl sites for hydroxylation is 1. The smallest absolute Gasteiger partial charge is 0.319 e. The van der Waals surface area contributed by atoms with Crippen LogP contribution in [-0.4, -0.2) is 30.4 Å². The highest BCUT2D eigenvalue weighted by atomic mass is 79.9. The van der Waals surface area contributed by atoms with E-state index in [4.69, 9.17) is 4.74 Å². The summed E-state index contributed by atoms with van der Waals surface area (Å²) in [6, 6.07) is 3.63. The molecule has 6 heteroatoms. The molecule has 0 unspecified atom stereocenters. The molecular formula is C15H21BrN2O3. The lowest BCUT2D eigenvalue weighted by atomic mass is 9.93. The van der Waals surface area contributed by atoms with Gasteiger partial charge in [0.05, 0.1) is 18.9 Å². The predicted molar refractivity (Wildman–Crippen MR) is 85.8 cm³/mol. The van der Waals surface area contributed by atoms with E-state index in [2.05, 4.69) is 26.6 Å². The number of methoxy groups -OCH3 is 1. The third-order valence-corrected chi connectivity index (χ3v) is 4.21. The van der Waals surface area contributed by atoms with Gasteiger partial charge < -0.3 is 20.5 Å². The topological polar surface area (TPSA) is 70.6 Å². The van der Waals surface area contributed by atoms with Crippen LogP contribution in [0.4, 0.5) is 10.5 Å². The van der Waals surface area contributed by atoms with Crippen molar-refractivity contribution in [2.24, 2.45) is 0 Å². The number of aliphatic hydroxyl groups excluding tert-OH is 1. The molecule has 2 rings (SSSR count). The van der Waals surface area contributed by atoms with Gasteiger partial charge >= 0.3 is 6.03 Å².